The Bertz CT molecular complexity index is 916. The van der Waals surface area contributed by atoms with Gasteiger partial charge in [-0.3, -0.25) is 0 Å². The van der Waals surface area contributed by atoms with Crippen molar-refractivity contribution >= 4 is 11.9 Å². The number of hydrogen-bond donors (Lipinski definition) is 0. The standard InChI is InChI=1S/C18H16F7N3O2/c1-4-30-14(29)11-12(10-8-6-5-7-9-10)26-15(28(2)3)27-13(11)16(19,20)17(21,22)18(23,24)25/h5-9H,4H2,1-3H3. The Morgan fingerprint density at radius 2 is 1.57 bits per heavy atom. The second-order valence-corrected chi connectivity index (χ2v) is 6.22. The van der Waals surface area contributed by atoms with Gasteiger partial charge in [-0.2, -0.15) is 30.7 Å². The molecule has 0 bridgehead atoms. The number of esters is 1. The highest BCUT2D eigenvalue weighted by molar-refractivity contribution is 5.98. The third-order valence-corrected chi connectivity index (χ3v) is 3.87. The van der Waals surface area contributed by atoms with E-state index >= 15 is 0 Å². The lowest BCUT2D eigenvalue weighted by Gasteiger charge is -2.29. The van der Waals surface area contributed by atoms with Crippen LogP contribution in [0.3, 0.4) is 0 Å². The summed E-state index contributed by atoms with van der Waals surface area (Å²) in [4.78, 5) is 20.5. The third-order valence-electron chi connectivity index (χ3n) is 3.87. The summed E-state index contributed by atoms with van der Waals surface area (Å²) < 4.78 is 99.8. The molecule has 1 heterocycles. The number of anilines is 1. The molecule has 0 N–H and O–H groups in total. The predicted molar refractivity (Wildman–Crippen MR) is 92.6 cm³/mol. The predicted octanol–water partition coefficient (Wildman–Crippen LogP) is 4.68. The van der Waals surface area contributed by atoms with Gasteiger partial charge in [0.1, 0.15) is 11.3 Å². The van der Waals surface area contributed by atoms with E-state index in [1.54, 1.807) is 0 Å². The van der Waals surface area contributed by atoms with Crippen LogP contribution in [0, 0.1) is 0 Å². The topological polar surface area (TPSA) is 55.3 Å². The molecule has 0 amide bonds. The number of carbonyl (C=O) groups excluding carboxylic acids is 1. The van der Waals surface area contributed by atoms with Crippen molar-refractivity contribution in [3.63, 3.8) is 0 Å². The van der Waals surface area contributed by atoms with Crippen molar-refractivity contribution in [3.8, 4) is 11.3 Å². The lowest BCUT2D eigenvalue weighted by Crippen LogP contribution is -2.51. The van der Waals surface area contributed by atoms with E-state index in [0.29, 0.717) is 0 Å². The first-order chi connectivity index (χ1) is 13.8. The third kappa shape index (κ3) is 4.03. The lowest BCUT2D eigenvalue weighted by molar-refractivity contribution is -0.360. The lowest BCUT2D eigenvalue weighted by atomic mass is 9.97. The maximum atomic E-state index is 14.6. The Kier molecular flexibility index (Phi) is 6.29. The summed E-state index contributed by atoms with van der Waals surface area (Å²) in [6.45, 7) is 0.945. The van der Waals surface area contributed by atoms with Gasteiger partial charge in [-0.05, 0) is 6.92 Å². The highest BCUT2D eigenvalue weighted by atomic mass is 19.4. The van der Waals surface area contributed by atoms with Crippen molar-refractivity contribution in [2.75, 3.05) is 25.6 Å². The molecule has 0 saturated carbocycles. The molecule has 2 aromatic rings. The zero-order valence-electron chi connectivity index (χ0n) is 15.9. The molecule has 164 valence electrons. The van der Waals surface area contributed by atoms with Crippen LogP contribution in [0.1, 0.15) is 23.0 Å². The fourth-order valence-corrected chi connectivity index (χ4v) is 2.40. The van der Waals surface area contributed by atoms with Gasteiger partial charge in [-0.1, -0.05) is 30.3 Å². The molecule has 0 aliphatic heterocycles. The van der Waals surface area contributed by atoms with E-state index in [-0.39, 0.29) is 12.2 Å². The SMILES string of the molecule is CCOC(=O)c1c(-c2ccccc2)nc(N(C)C)nc1C(F)(F)C(F)(F)C(F)(F)F. The first-order valence-corrected chi connectivity index (χ1v) is 8.40. The van der Waals surface area contributed by atoms with Crippen molar-refractivity contribution in [3.05, 3.63) is 41.6 Å². The highest BCUT2D eigenvalue weighted by Gasteiger charge is 2.75. The van der Waals surface area contributed by atoms with Crippen molar-refractivity contribution < 1.29 is 40.3 Å². The van der Waals surface area contributed by atoms with E-state index < -0.39 is 46.9 Å². The average molecular weight is 439 g/mol. The number of aromatic nitrogens is 2. The maximum absolute atomic E-state index is 14.6. The van der Waals surface area contributed by atoms with E-state index in [4.69, 9.17) is 0 Å². The Balaban J connectivity index is 2.97. The van der Waals surface area contributed by atoms with Crippen molar-refractivity contribution in [1.82, 2.24) is 9.97 Å². The Labute approximate surface area is 166 Å². The number of benzene rings is 1. The molecule has 0 atom stereocenters. The summed E-state index contributed by atoms with van der Waals surface area (Å²) in [6.07, 6.45) is -6.61. The molecule has 0 spiro atoms. The zero-order valence-corrected chi connectivity index (χ0v) is 15.9. The summed E-state index contributed by atoms with van der Waals surface area (Å²) in [5.41, 5.74) is -3.91. The van der Waals surface area contributed by atoms with E-state index in [1.165, 1.54) is 51.4 Å². The zero-order chi connectivity index (χ0) is 22.9. The minimum atomic E-state index is -6.61. The molecule has 2 rings (SSSR count). The van der Waals surface area contributed by atoms with Gasteiger partial charge in [0.15, 0.2) is 0 Å². The molecule has 0 fully saturated rings. The summed E-state index contributed by atoms with van der Waals surface area (Å²) >= 11 is 0. The summed E-state index contributed by atoms with van der Waals surface area (Å²) in [6, 6.07) is 7.03. The van der Waals surface area contributed by atoms with Crippen LogP contribution in [0.5, 0.6) is 0 Å². The first kappa shape index (κ1) is 23.4. The molecule has 0 saturated heterocycles. The molecule has 1 aromatic heterocycles. The average Bonchev–Trinajstić information content (AvgIpc) is 2.66. The van der Waals surface area contributed by atoms with Gasteiger partial charge in [-0.25, -0.2) is 14.8 Å². The van der Waals surface area contributed by atoms with Crippen LogP contribution < -0.4 is 4.90 Å². The van der Waals surface area contributed by atoms with Gasteiger partial charge in [-0.15, -0.1) is 0 Å². The molecular formula is C18H16F7N3O2. The van der Waals surface area contributed by atoms with Crippen LogP contribution in [-0.4, -0.2) is 48.7 Å². The molecule has 1 aromatic carbocycles. The summed E-state index contributed by atoms with van der Waals surface area (Å²) in [7, 11) is 2.52. The molecule has 12 heteroatoms. The second kappa shape index (κ2) is 8.07. The van der Waals surface area contributed by atoms with Crippen molar-refractivity contribution in [2.45, 2.75) is 24.9 Å². The van der Waals surface area contributed by atoms with Crippen LogP contribution in [0.2, 0.25) is 0 Å². The molecule has 0 aliphatic carbocycles. The van der Waals surface area contributed by atoms with Crippen LogP contribution in [0.15, 0.2) is 30.3 Å². The van der Waals surface area contributed by atoms with Crippen molar-refractivity contribution in [1.29, 1.82) is 0 Å². The first-order valence-electron chi connectivity index (χ1n) is 8.40. The summed E-state index contributed by atoms with van der Waals surface area (Å²) in [5, 5.41) is 0. The van der Waals surface area contributed by atoms with Crippen LogP contribution in [0.25, 0.3) is 11.3 Å². The molecule has 0 aliphatic rings. The molecule has 5 nitrogen and oxygen atoms in total. The Morgan fingerprint density at radius 3 is 2.03 bits per heavy atom. The van der Waals surface area contributed by atoms with E-state index in [0.717, 1.165) is 4.90 Å². The molecule has 30 heavy (non-hydrogen) atoms. The number of nitrogens with zero attached hydrogens (tertiary/aromatic N) is 3. The normalized spacial score (nSPS) is 12.6. The number of hydrogen-bond acceptors (Lipinski definition) is 5. The Hall–Kier alpha value is -2.92. The van der Waals surface area contributed by atoms with Crippen LogP contribution in [0.4, 0.5) is 36.7 Å². The van der Waals surface area contributed by atoms with Gasteiger partial charge >= 0.3 is 24.0 Å². The number of ether oxygens (including phenoxy) is 1. The smallest absolute Gasteiger partial charge is 0.460 e. The number of halogens is 7. The number of rotatable bonds is 6. The minimum absolute atomic E-state index is 0.0124. The molecular weight excluding hydrogens is 423 g/mol. The van der Waals surface area contributed by atoms with Gasteiger partial charge < -0.3 is 9.64 Å². The summed E-state index contributed by atoms with van der Waals surface area (Å²) in [5.74, 6) is -14.6. The van der Waals surface area contributed by atoms with Crippen molar-refractivity contribution in [2.24, 2.45) is 0 Å². The molecule has 0 unspecified atom stereocenters. The number of alkyl halides is 7. The van der Waals surface area contributed by atoms with Gasteiger partial charge in [0.25, 0.3) is 0 Å². The fraction of sp³-hybridized carbons (Fsp3) is 0.389. The largest absolute Gasteiger partial charge is 0.462 e. The van der Waals surface area contributed by atoms with Gasteiger partial charge in [0, 0.05) is 19.7 Å². The van der Waals surface area contributed by atoms with Crippen LogP contribution >= 0.6 is 0 Å². The fourth-order valence-electron chi connectivity index (χ4n) is 2.40. The second-order valence-electron chi connectivity index (χ2n) is 6.22. The quantitative estimate of drug-likeness (QED) is 0.484. The van der Waals surface area contributed by atoms with E-state index in [1.807, 2.05) is 0 Å². The molecule has 0 radical (unpaired) electrons. The van der Waals surface area contributed by atoms with E-state index in [9.17, 15) is 35.5 Å². The van der Waals surface area contributed by atoms with E-state index in [2.05, 4.69) is 14.7 Å². The minimum Gasteiger partial charge on any atom is -0.462 e. The number of carbonyl (C=O) groups is 1. The Morgan fingerprint density at radius 1 is 1.00 bits per heavy atom. The van der Waals surface area contributed by atoms with Gasteiger partial charge in [0.05, 0.1) is 12.3 Å². The monoisotopic (exact) mass is 439 g/mol. The maximum Gasteiger partial charge on any atom is 0.460 e. The van der Waals surface area contributed by atoms with Gasteiger partial charge in [0.2, 0.25) is 5.95 Å². The highest BCUT2D eigenvalue weighted by Crippen LogP contribution is 2.52. The van der Waals surface area contributed by atoms with Crippen LogP contribution in [-0.2, 0) is 10.7 Å².